The van der Waals surface area contributed by atoms with Gasteiger partial charge in [-0.05, 0) is 42.3 Å². The maximum atomic E-state index is 13.2. The van der Waals surface area contributed by atoms with Crippen molar-refractivity contribution in [2.75, 3.05) is 11.9 Å². The maximum absolute atomic E-state index is 13.2. The minimum absolute atomic E-state index is 0.207. The van der Waals surface area contributed by atoms with Crippen LogP contribution in [0.15, 0.2) is 36.4 Å². The highest BCUT2D eigenvalue weighted by atomic mass is 32.2. The normalized spacial score (nSPS) is 20.8. The Kier molecular flexibility index (Phi) is 6.86. The van der Waals surface area contributed by atoms with Gasteiger partial charge in [-0.15, -0.1) is 11.3 Å². The maximum Gasteiger partial charge on any atom is 0.333 e. The molecule has 13 heteroatoms. The van der Waals surface area contributed by atoms with Gasteiger partial charge in [0, 0.05) is 24.4 Å². The Morgan fingerprint density at radius 1 is 1.39 bits per heavy atom. The predicted octanol–water partition coefficient (Wildman–Crippen LogP) is 1.09. The number of carbonyl (C=O) groups excluding carboxylic acids is 1. The molecule has 176 valence electrons. The Balaban J connectivity index is 1.44. The number of aliphatic hydroxyl groups is 1. The molecule has 0 bridgehead atoms. The van der Waals surface area contributed by atoms with E-state index in [0.717, 1.165) is 11.1 Å². The second-order valence-electron chi connectivity index (χ2n) is 8.07. The van der Waals surface area contributed by atoms with Gasteiger partial charge in [0.15, 0.2) is 0 Å². The number of aryl methyl sites for hydroxylation is 1. The van der Waals surface area contributed by atoms with Crippen molar-refractivity contribution in [1.82, 2.24) is 19.7 Å². The summed E-state index contributed by atoms with van der Waals surface area (Å²) < 4.78 is 28.5. The lowest BCUT2D eigenvalue weighted by molar-refractivity contribution is 0.101. The van der Waals surface area contributed by atoms with Crippen LogP contribution in [0.5, 0.6) is 0 Å². The van der Waals surface area contributed by atoms with Crippen LogP contribution in [0, 0.1) is 12.8 Å². The highest BCUT2D eigenvalue weighted by Crippen LogP contribution is 2.30. The molecule has 0 spiro atoms. The Hall–Kier alpha value is -2.71. The lowest BCUT2D eigenvalue weighted by Crippen LogP contribution is -2.24. The van der Waals surface area contributed by atoms with Gasteiger partial charge in [-0.25, -0.2) is 15.1 Å². The van der Waals surface area contributed by atoms with Crippen LogP contribution in [0.3, 0.4) is 0 Å². The number of carbonyl (C=O) groups is 1. The van der Waals surface area contributed by atoms with Gasteiger partial charge in [0.25, 0.3) is 0 Å². The van der Waals surface area contributed by atoms with Crippen LogP contribution in [0.25, 0.3) is 0 Å². The van der Waals surface area contributed by atoms with Crippen molar-refractivity contribution in [3.63, 3.8) is 0 Å². The molecule has 0 aliphatic heterocycles. The third kappa shape index (κ3) is 6.00. The largest absolute Gasteiger partial charge is 0.393 e. The minimum atomic E-state index is -4.08. The monoisotopic (exact) mass is 492 g/mol. The number of aliphatic hydroxyl groups excluding tert-OH is 1. The fourth-order valence-electron chi connectivity index (χ4n) is 3.84. The summed E-state index contributed by atoms with van der Waals surface area (Å²) in [6.45, 7) is 2.33. The van der Waals surface area contributed by atoms with Gasteiger partial charge in [0.2, 0.25) is 5.78 Å². The van der Waals surface area contributed by atoms with Gasteiger partial charge in [-0.3, -0.25) is 13.7 Å². The van der Waals surface area contributed by atoms with Crippen molar-refractivity contribution in [3.8, 4) is 0 Å². The van der Waals surface area contributed by atoms with E-state index in [9.17, 15) is 18.3 Å². The van der Waals surface area contributed by atoms with E-state index >= 15 is 0 Å². The van der Waals surface area contributed by atoms with Crippen molar-refractivity contribution < 1.29 is 22.5 Å². The molecule has 4 N–H and O–H groups in total. The first-order valence-electron chi connectivity index (χ1n) is 10.2. The molecule has 3 aromatic heterocycles. The van der Waals surface area contributed by atoms with Gasteiger partial charge in [-0.1, -0.05) is 0 Å². The molecule has 0 saturated heterocycles. The van der Waals surface area contributed by atoms with Crippen molar-refractivity contribution >= 4 is 33.2 Å². The van der Waals surface area contributed by atoms with Gasteiger partial charge < -0.3 is 10.4 Å². The molecule has 1 saturated carbocycles. The first-order chi connectivity index (χ1) is 15.7. The first kappa shape index (κ1) is 23.4. The van der Waals surface area contributed by atoms with Crippen molar-refractivity contribution in [2.24, 2.45) is 11.1 Å². The van der Waals surface area contributed by atoms with Crippen molar-refractivity contribution in [2.45, 2.75) is 38.5 Å². The number of nitrogens with zero attached hydrogens (tertiary/aromatic N) is 4. The van der Waals surface area contributed by atoms with Gasteiger partial charge in [0.1, 0.15) is 12.1 Å². The summed E-state index contributed by atoms with van der Waals surface area (Å²) in [4.78, 5) is 21.9. The van der Waals surface area contributed by atoms with Crippen LogP contribution >= 0.6 is 11.3 Å². The highest BCUT2D eigenvalue weighted by molar-refractivity contribution is 7.84. The van der Waals surface area contributed by atoms with Crippen LogP contribution in [-0.2, 0) is 21.0 Å². The predicted molar refractivity (Wildman–Crippen MR) is 121 cm³/mol. The van der Waals surface area contributed by atoms with E-state index in [-0.39, 0.29) is 18.4 Å². The molecule has 3 atom stereocenters. The van der Waals surface area contributed by atoms with Crippen LogP contribution in [0.2, 0.25) is 0 Å². The molecule has 0 amide bonds. The zero-order valence-corrected chi connectivity index (χ0v) is 19.4. The van der Waals surface area contributed by atoms with Crippen molar-refractivity contribution in [3.05, 3.63) is 57.9 Å². The lowest BCUT2D eigenvalue weighted by atomic mass is 10.1. The van der Waals surface area contributed by atoms with E-state index in [1.165, 1.54) is 23.9 Å². The van der Waals surface area contributed by atoms with Crippen LogP contribution in [0.1, 0.15) is 39.2 Å². The summed E-state index contributed by atoms with van der Waals surface area (Å²) in [5.74, 6) is -0.260. The number of aromatic nitrogens is 4. The average Bonchev–Trinajstić information content (AvgIpc) is 3.47. The highest BCUT2D eigenvalue weighted by Gasteiger charge is 2.34. The third-order valence-corrected chi connectivity index (χ3v) is 6.83. The first-order valence-corrected chi connectivity index (χ1v) is 12.6. The Morgan fingerprint density at radius 2 is 2.21 bits per heavy atom. The Labute approximate surface area is 194 Å². The fraction of sp³-hybridized carbons (Fsp3) is 0.400. The molecular formula is C20H24N6O5S2. The Bertz CT molecular complexity index is 1240. The molecule has 3 aromatic rings. The van der Waals surface area contributed by atoms with Gasteiger partial charge in [-0.2, -0.15) is 13.5 Å². The smallest absolute Gasteiger partial charge is 0.333 e. The van der Waals surface area contributed by atoms with E-state index in [1.54, 1.807) is 6.20 Å². The topological polar surface area (TPSA) is 162 Å². The molecule has 0 radical (unpaired) electrons. The molecule has 33 heavy (non-hydrogen) atoms. The van der Waals surface area contributed by atoms with Crippen LogP contribution in [0.4, 0.5) is 5.82 Å². The molecule has 1 fully saturated rings. The molecular weight excluding hydrogens is 468 g/mol. The van der Waals surface area contributed by atoms with E-state index in [4.69, 9.17) is 5.14 Å². The summed E-state index contributed by atoms with van der Waals surface area (Å²) in [6, 6.07) is 1.61. The average molecular weight is 493 g/mol. The number of hydrogen-bond donors (Lipinski definition) is 3. The SMILES string of the molecule is Cc1cnn(Cc2csc(C(=O)c3cncnc3N[C@@H]3C[C@H](COS(N)(=O)=O)[C@@H](O)C3)c2)c1. The van der Waals surface area contributed by atoms with Gasteiger partial charge >= 0.3 is 10.3 Å². The third-order valence-electron chi connectivity index (χ3n) is 5.39. The second-order valence-corrected chi connectivity index (χ2v) is 10.2. The Morgan fingerprint density at radius 3 is 2.94 bits per heavy atom. The summed E-state index contributed by atoms with van der Waals surface area (Å²) in [7, 11) is -4.08. The number of rotatable bonds is 9. The lowest BCUT2D eigenvalue weighted by Gasteiger charge is -2.15. The molecule has 1 aliphatic carbocycles. The number of nitrogens with one attached hydrogen (secondary N) is 1. The number of thiophene rings is 1. The fourth-order valence-corrected chi connectivity index (χ4v) is 5.06. The van der Waals surface area contributed by atoms with E-state index in [1.807, 2.05) is 29.2 Å². The molecule has 3 heterocycles. The zero-order chi connectivity index (χ0) is 23.6. The quantitative estimate of drug-likeness (QED) is 0.371. The number of nitrogens with two attached hydrogens (primary N) is 1. The summed E-state index contributed by atoms with van der Waals surface area (Å²) >= 11 is 1.34. The number of anilines is 1. The number of ketones is 1. The summed E-state index contributed by atoms with van der Waals surface area (Å²) in [5, 5.41) is 24.5. The molecule has 1 aliphatic rings. The van der Waals surface area contributed by atoms with E-state index < -0.39 is 22.3 Å². The second kappa shape index (κ2) is 9.65. The molecule has 11 nitrogen and oxygen atoms in total. The zero-order valence-electron chi connectivity index (χ0n) is 17.8. The standard InChI is InChI=1S/C20H24N6O5S2/c1-12-5-24-26(7-12)8-13-2-18(32-10-13)19(28)16-6-22-11-23-20(16)25-15-3-14(17(27)4-15)9-31-33(21,29)30/h2,5-7,10-11,14-15,17,27H,3-4,8-9H2,1H3,(H2,21,29,30)(H,22,23,25)/t14-,15-,17+/m1/s1. The van der Waals surface area contributed by atoms with Crippen LogP contribution in [-0.4, -0.2) is 57.8 Å². The summed E-state index contributed by atoms with van der Waals surface area (Å²) in [6.07, 6.45) is 6.53. The van der Waals surface area contributed by atoms with E-state index in [0.29, 0.717) is 35.6 Å². The van der Waals surface area contributed by atoms with Gasteiger partial charge in [0.05, 0.1) is 35.9 Å². The molecule has 4 rings (SSSR count). The number of hydrogen-bond acceptors (Lipinski definition) is 10. The molecule has 0 unspecified atom stereocenters. The molecule has 0 aromatic carbocycles. The minimum Gasteiger partial charge on any atom is -0.393 e. The van der Waals surface area contributed by atoms with Crippen molar-refractivity contribution in [1.29, 1.82) is 0 Å². The summed E-state index contributed by atoms with van der Waals surface area (Å²) in [5.41, 5.74) is 2.35. The van der Waals surface area contributed by atoms with E-state index in [2.05, 4.69) is 24.6 Å². The van der Waals surface area contributed by atoms with Crippen LogP contribution < -0.4 is 10.5 Å².